The van der Waals surface area contributed by atoms with Gasteiger partial charge in [-0.1, -0.05) is 11.3 Å². The van der Waals surface area contributed by atoms with E-state index >= 15 is 0 Å². The smallest absolute Gasteiger partial charge is 0.320 e. The highest BCUT2D eigenvalue weighted by Crippen LogP contribution is 2.33. The van der Waals surface area contributed by atoms with Crippen LogP contribution in [0.15, 0.2) is 41.6 Å². The SMILES string of the molecule is CC(=O)Nc1ccc(SCC(=O)Nc2nc(C)c(-c3nccn3C(F)F)s2)cc1. The molecule has 0 unspecified atom stereocenters. The summed E-state index contributed by atoms with van der Waals surface area (Å²) in [5.41, 5.74) is 1.19. The number of carbonyl (C=O) groups is 2. The molecule has 2 amide bonds. The van der Waals surface area contributed by atoms with Gasteiger partial charge in [-0.05, 0) is 31.2 Å². The minimum Gasteiger partial charge on any atom is -0.326 e. The van der Waals surface area contributed by atoms with Gasteiger partial charge in [-0.3, -0.25) is 14.2 Å². The average Bonchev–Trinajstić information content (AvgIpc) is 3.27. The van der Waals surface area contributed by atoms with E-state index in [4.69, 9.17) is 0 Å². The fourth-order valence-electron chi connectivity index (χ4n) is 2.45. The predicted molar refractivity (Wildman–Crippen MR) is 109 cm³/mol. The fourth-order valence-corrected chi connectivity index (χ4v) is 4.13. The fraction of sp³-hybridized carbons (Fsp3) is 0.222. The number of rotatable bonds is 7. The van der Waals surface area contributed by atoms with E-state index in [-0.39, 0.29) is 23.4 Å². The Labute approximate surface area is 173 Å². The normalized spacial score (nSPS) is 10.9. The van der Waals surface area contributed by atoms with Crippen LogP contribution in [0.25, 0.3) is 10.7 Å². The van der Waals surface area contributed by atoms with Crippen molar-refractivity contribution in [2.45, 2.75) is 25.3 Å². The minimum absolute atomic E-state index is 0.115. The summed E-state index contributed by atoms with van der Waals surface area (Å²) in [6, 6.07) is 7.12. The van der Waals surface area contributed by atoms with Gasteiger partial charge in [0.2, 0.25) is 11.8 Å². The van der Waals surface area contributed by atoms with E-state index in [9.17, 15) is 18.4 Å². The molecule has 0 atom stereocenters. The number of benzene rings is 1. The van der Waals surface area contributed by atoms with Crippen molar-refractivity contribution >= 4 is 45.7 Å². The number of thioether (sulfide) groups is 1. The van der Waals surface area contributed by atoms with E-state index in [1.807, 2.05) is 0 Å². The zero-order chi connectivity index (χ0) is 21.0. The Balaban J connectivity index is 1.60. The summed E-state index contributed by atoms with van der Waals surface area (Å²) < 4.78 is 26.9. The summed E-state index contributed by atoms with van der Waals surface area (Å²) in [4.78, 5) is 32.8. The van der Waals surface area contributed by atoms with E-state index in [0.717, 1.165) is 20.8 Å². The van der Waals surface area contributed by atoms with Crippen molar-refractivity contribution < 1.29 is 18.4 Å². The molecule has 2 heterocycles. The number of amides is 2. The van der Waals surface area contributed by atoms with Gasteiger partial charge in [0.15, 0.2) is 11.0 Å². The first-order chi connectivity index (χ1) is 13.8. The minimum atomic E-state index is -2.71. The monoisotopic (exact) mass is 437 g/mol. The number of anilines is 2. The first-order valence-electron chi connectivity index (χ1n) is 8.42. The van der Waals surface area contributed by atoms with E-state index in [1.165, 1.54) is 31.1 Å². The van der Waals surface area contributed by atoms with Crippen molar-refractivity contribution in [3.8, 4) is 10.7 Å². The summed E-state index contributed by atoms with van der Waals surface area (Å²) in [5.74, 6) is -0.152. The Morgan fingerprint density at radius 1 is 1.24 bits per heavy atom. The summed E-state index contributed by atoms with van der Waals surface area (Å²) in [6.45, 7) is 0.400. The number of aromatic nitrogens is 3. The molecule has 1 aromatic carbocycles. The molecule has 7 nitrogen and oxygen atoms in total. The zero-order valence-corrected chi connectivity index (χ0v) is 17.1. The van der Waals surface area contributed by atoms with Crippen molar-refractivity contribution in [1.29, 1.82) is 0 Å². The second-order valence-electron chi connectivity index (χ2n) is 5.91. The van der Waals surface area contributed by atoms with Crippen molar-refractivity contribution in [3.63, 3.8) is 0 Å². The lowest BCUT2D eigenvalue weighted by molar-refractivity contribution is -0.114. The van der Waals surface area contributed by atoms with Crippen molar-refractivity contribution in [2.24, 2.45) is 0 Å². The van der Waals surface area contributed by atoms with Crippen LogP contribution in [0.4, 0.5) is 19.6 Å². The van der Waals surface area contributed by atoms with Gasteiger partial charge < -0.3 is 10.6 Å². The standard InChI is InChI=1S/C18H17F2N5O2S2/c1-10-15(16-21-7-8-25(16)17(19)20)29-18(22-10)24-14(27)9-28-13-5-3-12(4-6-13)23-11(2)26/h3-8,17H,9H2,1-2H3,(H,23,26)(H,22,24,27). The molecule has 0 aliphatic carbocycles. The molecular formula is C18H17F2N5O2S2. The highest BCUT2D eigenvalue weighted by Gasteiger charge is 2.19. The van der Waals surface area contributed by atoms with Gasteiger partial charge in [0.25, 0.3) is 0 Å². The number of halogens is 2. The maximum absolute atomic E-state index is 13.1. The first kappa shape index (κ1) is 20.9. The molecule has 0 spiro atoms. The van der Waals surface area contributed by atoms with Gasteiger partial charge in [0.1, 0.15) is 0 Å². The lowest BCUT2D eigenvalue weighted by Gasteiger charge is -2.05. The molecule has 0 radical (unpaired) electrons. The van der Waals surface area contributed by atoms with Crippen LogP contribution in [-0.2, 0) is 9.59 Å². The number of hydrogen-bond donors (Lipinski definition) is 2. The van der Waals surface area contributed by atoms with Gasteiger partial charge >= 0.3 is 6.55 Å². The third-order valence-electron chi connectivity index (χ3n) is 3.67. The number of nitrogens with one attached hydrogen (secondary N) is 2. The summed E-state index contributed by atoms with van der Waals surface area (Å²) in [6.07, 6.45) is 2.50. The largest absolute Gasteiger partial charge is 0.326 e. The number of thiazole rings is 1. The topological polar surface area (TPSA) is 88.9 Å². The zero-order valence-electron chi connectivity index (χ0n) is 15.5. The Kier molecular flexibility index (Phi) is 6.60. The van der Waals surface area contributed by atoms with Crippen LogP contribution in [-0.4, -0.2) is 32.1 Å². The molecule has 0 aliphatic rings. The second kappa shape index (κ2) is 9.14. The van der Waals surface area contributed by atoms with E-state index in [2.05, 4.69) is 20.6 Å². The lowest BCUT2D eigenvalue weighted by atomic mass is 10.3. The third kappa shape index (κ3) is 5.39. The van der Waals surface area contributed by atoms with Crippen LogP contribution < -0.4 is 10.6 Å². The number of imidazole rings is 1. The average molecular weight is 437 g/mol. The number of nitrogens with zero attached hydrogens (tertiary/aromatic N) is 3. The molecule has 0 saturated heterocycles. The first-order valence-corrected chi connectivity index (χ1v) is 10.2. The van der Waals surface area contributed by atoms with Crippen LogP contribution in [0.3, 0.4) is 0 Å². The molecule has 152 valence electrons. The second-order valence-corrected chi connectivity index (χ2v) is 7.96. The molecule has 0 fully saturated rings. The quantitative estimate of drug-likeness (QED) is 0.535. The molecule has 2 N–H and O–H groups in total. The Bertz CT molecular complexity index is 1020. The number of hydrogen-bond acceptors (Lipinski definition) is 6. The van der Waals surface area contributed by atoms with Crippen molar-refractivity contribution in [3.05, 3.63) is 42.4 Å². The van der Waals surface area contributed by atoms with Crippen LogP contribution in [0.2, 0.25) is 0 Å². The van der Waals surface area contributed by atoms with Crippen molar-refractivity contribution in [2.75, 3.05) is 16.4 Å². The Hall–Kier alpha value is -2.79. The summed E-state index contributed by atoms with van der Waals surface area (Å²) in [7, 11) is 0. The molecule has 3 aromatic rings. The van der Waals surface area contributed by atoms with Crippen LogP contribution in [0, 0.1) is 6.92 Å². The van der Waals surface area contributed by atoms with Crippen LogP contribution >= 0.6 is 23.1 Å². The number of carbonyl (C=O) groups excluding carboxylic acids is 2. The van der Waals surface area contributed by atoms with Crippen LogP contribution in [0.1, 0.15) is 19.2 Å². The van der Waals surface area contributed by atoms with Gasteiger partial charge in [-0.15, -0.1) is 11.8 Å². The number of alkyl halides is 2. The Morgan fingerprint density at radius 3 is 2.62 bits per heavy atom. The maximum Gasteiger partial charge on any atom is 0.320 e. The maximum atomic E-state index is 13.1. The van der Waals surface area contributed by atoms with Crippen LogP contribution in [0.5, 0.6) is 0 Å². The molecule has 0 saturated carbocycles. The van der Waals surface area contributed by atoms with Gasteiger partial charge in [0, 0.05) is 29.9 Å². The van der Waals surface area contributed by atoms with Crippen molar-refractivity contribution in [1.82, 2.24) is 14.5 Å². The molecule has 0 aliphatic heterocycles. The third-order valence-corrected chi connectivity index (χ3v) is 5.75. The number of aryl methyl sites for hydroxylation is 1. The molecule has 3 rings (SSSR count). The predicted octanol–water partition coefficient (Wildman–Crippen LogP) is 4.40. The molecule has 29 heavy (non-hydrogen) atoms. The summed E-state index contributed by atoms with van der Waals surface area (Å²) >= 11 is 2.42. The van der Waals surface area contributed by atoms with E-state index < -0.39 is 6.55 Å². The summed E-state index contributed by atoms with van der Waals surface area (Å²) in [5, 5.41) is 5.69. The molecule has 11 heteroatoms. The van der Waals surface area contributed by atoms with E-state index in [1.54, 1.807) is 31.2 Å². The van der Waals surface area contributed by atoms with E-state index in [0.29, 0.717) is 21.4 Å². The lowest BCUT2D eigenvalue weighted by Crippen LogP contribution is -2.13. The Morgan fingerprint density at radius 2 is 1.97 bits per heavy atom. The van der Waals surface area contributed by atoms with Gasteiger partial charge in [-0.25, -0.2) is 9.97 Å². The molecule has 0 bridgehead atoms. The highest BCUT2D eigenvalue weighted by atomic mass is 32.2. The molecule has 2 aromatic heterocycles. The highest BCUT2D eigenvalue weighted by molar-refractivity contribution is 8.00. The molecular weight excluding hydrogens is 420 g/mol. The van der Waals surface area contributed by atoms with Gasteiger partial charge in [-0.2, -0.15) is 8.78 Å². The van der Waals surface area contributed by atoms with Gasteiger partial charge in [0.05, 0.1) is 16.3 Å².